The van der Waals surface area contributed by atoms with Crippen LogP contribution in [0, 0.1) is 26.0 Å². The molecule has 0 aliphatic heterocycles. The predicted molar refractivity (Wildman–Crippen MR) is 204 cm³/mol. The van der Waals surface area contributed by atoms with Crippen molar-refractivity contribution in [3.63, 3.8) is 0 Å². The summed E-state index contributed by atoms with van der Waals surface area (Å²) in [6.07, 6.45) is 5.53. The maximum Gasteiger partial charge on any atom is 0.0714 e. The molecule has 0 saturated heterocycles. The Labute approximate surface area is 308 Å². The zero-order valence-corrected chi connectivity index (χ0v) is 31.0. The molecule has 4 heteroatoms. The second kappa shape index (κ2) is 15.5. The summed E-state index contributed by atoms with van der Waals surface area (Å²) in [4.78, 5) is 13.5. The average Bonchev–Trinajstić information content (AvgIpc) is 3.15. The number of aryl methyl sites for hydroxylation is 1. The van der Waals surface area contributed by atoms with Gasteiger partial charge in [-0.2, -0.15) is 0 Å². The van der Waals surface area contributed by atoms with Crippen molar-refractivity contribution in [1.29, 1.82) is 0 Å². The fourth-order valence-corrected chi connectivity index (χ4v) is 6.36. The zero-order chi connectivity index (χ0) is 33.7. The molecule has 0 N–H and O–H groups in total. The molecule has 0 saturated carbocycles. The summed E-state index contributed by atoms with van der Waals surface area (Å²) in [5, 5.41) is 3.72. The Hall–Kier alpha value is -5.28. The minimum absolute atomic E-state index is 0. The first kappa shape index (κ1) is 34.6. The van der Waals surface area contributed by atoms with Gasteiger partial charge in [-0.1, -0.05) is 80.1 Å². The quantitative estimate of drug-likeness (QED) is 0.128. The molecule has 0 fully saturated rings. The van der Waals surface area contributed by atoms with Crippen molar-refractivity contribution < 1.29 is 20.1 Å². The van der Waals surface area contributed by atoms with E-state index in [1.807, 2.05) is 73.1 Å². The van der Waals surface area contributed by atoms with E-state index in [0.29, 0.717) is 5.92 Å². The zero-order valence-electron chi connectivity index (χ0n) is 28.6. The van der Waals surface area contributed by atoms with Gasteiger partial charge in [-0.25, -0.2) is 0 Å². The molecule has 0 spiro atoms. The van der Waals surface area contributed by atoms with Gasteiger partial charge in [-0.15, -0.1) is 71.3 Å². The normalized spacial score (nSPS) is 10.8. The second-order valence-electron chi connectivity index (χ2n) is 12.6. The van der Waals surface area contributed by atoms with Gasteiger partial charge in [0.1, 0.15) is 0 Å². The summed E-state index contributed by atoms with van der Waals surface area (Å²) in [6, 6.07) is 50.6. The first-order valence-corrected chi connectivity index (χ1v) is 16.7. The van der Waals surface area contributed by atoms with Crippen LogP contribution >= 0.6 is 0 Å². The first-order chi connectivity index (χ1) is 24.0. The first-order valence-electron chi connectivity index (χ1n) is 16.7. The smallest absolute Gasteiger partial charge is 0.0714 e. The topological polar surface area (TPSA) is 38.7 Å². The third kappa shape index (κ3) is 7.33. The maximum absolute atomic E-state index is 4.73. The molecule has 0 amide bonds. The van der Waals surface area contributed by atoms with Crippen LogP contribution in [-0.2, 0) is 20.1 Å². The monoisotopic (exact) mass is 824 g/mol. The second-order valence-corrected chi connectivity index (χ2v) is 12.6. The number of nitrogens with zero attached hydrogens (tertiary/aromatic N) is 3. The van der Waals surface area contributed by atoms with Gasteiger partial charge in [-0.3, -0.25) is 4.98 Å². The van der Waals surface area contributed by atoms with Crippen molar-refractivity contribution >= 4 is 21.7 Å². The number of fused-ring (bicyclic) bond motifs is 3. The van der Waals surface area contributed by atoms with Crippen molar-refractivity contribution in [3.05, 3.63) is 175 Å². The van der Waals surface area contributed by atoms with Crippen LogP contribution in [0.25, 0.3) is 66.4 Å². The van der Waals surface area contributed by atoms with Crippen molar-refractivity contribution in [2.75, 3.05) is 0 Å². The Balaban J connectivity index is 0.000000281. The number of hydrogen-bond acceptors (Lipinski definition) is 3. The predicted octanol–water partition coefficient (Wildman–Crippen LogP) is 11.9. The molecule has 50 heavy (non-hydrogen) atoms. The van der Waals surface area contributed by atoms with Crippen molar-refractivity contribution in [2.24, 2.45) is 0 Å². The minimum Gasteiger partial charge on any atom is -0.305 e. The van der Waals surface area contributed by atoms with Crippen LogP contribution in [0.3, 0.4) is 0 Å². The van der Waals surface area contributed by atoms with E-state index in [0.717, 1.165) is 28.0 Å². The molecule has 0 aliphatic carbocycles. The van der Waals surface area contributed by atoms with Crippen LogP contribution in [0.5, 0.6) is 0 Å². The Morgan fingerprint density at radius 2 is 1.32 bits per heavy atom. The van der Waals surface area contributed by atoms with E-state index in [4.69, 9.17) is 4.98 Å². The molecule has 0 atom stereocenters. The van der Waals surface area contributed by atoms with Gasteiger partial charge in [0.2, 0.25) is 0 Å². The van der Waals surface area contributed by atoms with Crippen LogP contribution in [0.2, 0.25) is 0 Å². The molecule has 0 unspecified atom stereocenters. The van der Waals surface area contributed by atoms with Crippen molar-refractivity contribution in [3.8, 4) is 44.8 Å². The molecular formula is C46H37IrN3-2. The van der Waals surface area contributed by atoms with E-state index in [2.05, 4.69) is 117 Å². The molecule has 0 aliphatic rings. The number of pyridine rings is 3. The molecule has 5 aromatic carbocycles. The summed E-state index contributed by atoms with van der Waals surface area (Å²) >= 11 is 0. The van der Waals surface area contributed by atoms with Crippen LogP contribution in [0.15, 0.2) is 146 Å². The molecule has 8 aromatic rings. The molecule has 3 nitrogen and oxygen atoms in total. The van der Waals surface area contributed by atoms with Gasteiger partial charge >= 0.3 is 0 Å². The van der Waals surface area contributed by atoms with Gasteiger partial charge in [0.05, 0.1) is 5.52 Å². The molecule has 8 rings (SSSR count). The molecule has 3 aromatic heterocycles. The standard InChI is InChI=1S/C35H29N2.C11H8N.Ir/c1-22(2)25-13-14-30-31-12-7-16-36-35(31)21-33(32(30)20-25)29-11-6-10-28(24(29)4)26-8-5-9-27(19-26)34-18-23(3)15-17-37-34;1-2-6-10(7-3-1)11-8-4-5-9-12-11;/h5-8,10-22H,1-4H3;1-6,8-9H;/q2*-1;. The van der Waals surface area contributed by atoms with Crippen LogP contribution in [0.1, 0.15) is 36.5 Å². The van der Waals surface area contributed by atoms with Gasteiger partial charge < -0.3 is 9.97 Å². The third-order valence-corrected chi connectivity index (χ3v) is 8.99. The van der Waals surface area contributed by atoms with E-state index in [1.54, 1.807) is 6.20 Å². The Morgan fingerprint density at radius 3 is 2.10 bits per heavy atom. The average molecular weight is 824 g/mol. The molecule has 247 valence electrons. The van der Waals surface area contributed by atoms with Gasteiger partial charge in [-0.05, 0) is 94.0 Å². The number of rotatable bonds is 5. The number of aromatic nitrogens is 3. The van der Waals surface area contributed by atoms with Gasteiger partial charge in [0, 0.05) is 44.1 Å². The van der Waals surface area contributed by atoms with Crippen LogP contribution in [-0.4, -0.2) is 15.0 Å². The number of hydrogen-bond donors (Lipinski definition) is 0. The summed E-state index contributed by atoms with van der Waals surface area (Å²) < 4.78 is 0. The Kier molecular flexibility index (Phi) is 10.7. The van der Waals surface area contributed by atoms with E-state index in [-0.39, 0.29) is 20.1 Å². The summed E-state index contributed by atoms with van der Waals surface area (Å²) in [5.41, 5.74) is 13.6. The fourth-order valence-electron chi connectivity index (χ4n) is 6.36. The summed E-state index contributed by atoms with van der Waals surface area (Å²) in [7, 11) is 0. The van der Waals surface area contributed by atoms with E-state index < -0.39 is 0 Å². The summed E-state index contributed by atoms with van der Waals surface area (Å²) in [5.74, 6) is 0.462. The van der Waals surface area contributed by atoms with Gasteiger partial charge in [0.15, 0.2) is 0 Å². The van der Waals surface area contributed by atoms with E-state index >= 15 is 0 Å². The summed E-state index contributed by atoms with van der Waals surface area (Å²) in [6.45, 7) is 8.83. The fraction of sp³-hybridized carbons (Fsp3) is 0.109. The molecular weight excluding hydrogens is 787 g/mol. The Morgan fingerprint density at radius 1 is 0.520 bits per heavy atom. The Bertz CT molecular complexity index is 2350. The van der Waals surface area contributed by atoms with E-state index in [9.17, 15) is 0 Å². The molecule has 0 bridgehead atoms. The van der Waals surface area contributed by atoms with Crippen molar-refractivity contribution in [2.45, 2.75) is 33.6 Å². The minimum atomic E-state index is 0. The third-order valence-electron chi connectivity index (χ3n) is 8.99. The van der Waals surface area contributed by atoms with Crippen LogP contribution in [0.4, 0.5) is 0 Å². The molecule has 1 radical (unpaired) electrons. The van der Waals surface area contributed by atoms with E-state index in [1.165, 1.54) is 55.1 Å². The SMILES string of the molecule is Cc1ccnc(-c2[c-]ccc(-c3cccc(-c4cc5ncccc5c5ccc(C(C)C)cc45)c3C)c2)c1.[Ir].[c-]1ccccc1-c1ccccn1. The van der Waals surface area contributed by atoms with Crippen molar-refractivity contribution in [1.82, 2.24) is 15.0 Å². The maximum atomic E-state index is 4.73. The molecule has 3 heterocycles. The largest absolute Gasteiger partial charge is 0.305 e. The number of benzene rings is 5. The van der Waals surface area contributed by atoms with Crippen LogP contribution < -0.4 is 0 Å². The van der Waals surface area contributed by atoms with Gasteiger partial charge in [0.25, 0.3) is 0 Å².